The first-order valence-corrected chi connectivity index (χ1v) is 7.57. The van der Waals surface area contributed by atoms with E-state index in [1.807, 2.05) is 24.3 Å². The molecule has 1 aliphatic heterocycles. The fourth-order valence-corrected chi connectivity index (χ4v) is 2.32. The molecular weight excluding hydrogens is 320 g/mol. The standard InChI is InChI=1S/C16H24N2O4.ClH/c1-20-8-9-21-13-4-2-12(3-5-13)11-18-16(19)15-7-6-14(10-17)22-15;/h2-5,14-15H,6-11,17H2,1H3,(H,18,19);1H/t14-,15+;/m1./s1. The molecule has 1 aliphatic rings. The Balaban J connectivity index is 0.00000264. The van der Waals surface area contributed by atoms with Crippen molar-refractivity contribution in [3.8, 4) is 5.75 Å². The highest BCUT2D eigenvalue weighted by Crippen LogP contribution is 2.19. The Morgan fingerprint density at radius 1 is 1.30 bits per heavy atom. The lowest BCUT2D eigenvalue weighted by molar-refractivity contribution is -0.132. The SMILES string of the molecule is COCCOc1ccc(CNC(=O)[C@@H]2CC[C@H](CN)O2)cc1.Cl. The third-order valence-corrected chi connectivity index (χ3v) is 3.61. The average Bonchev–Trinajstić information content (AvgIpc) is 3.03. The van der Waals surface area contributed by atoms with E-state index < -0.39 is 0 Å². The summed E-state index contributed by atoms with van der Waals surface area (Å²) < 4.78 is 16.0. The van der Waals surface area contributed by atoms with Gasteiger partial charge in [0, 0.05) is 20.2 Å². The summed E-state index contributed by atoms with van der Waals surface area (Å²) in [5, 5.41) is 2.89. The number of carbonyl (C=O) groups is 1. The molecule has 0 unspecified atom stereocenters. The zero-order valence-corrected chi connectivity index (χ0v) is 14.1. The molecule has 1 aromatic rings. The number of hydrogen-bond donors (Lipinski definition) is 2. The summed E-state index contributed by atoms with van der Waals surface area (Å²) in [5.74, 6) is 0.716. The van der Waals surface area contributed by atoms with Crippen molar-refractivity contribution < 1.29 is 19.0 Å². The number of rotatable bonds is 8. The molecule has 0 saturated carbocycles. The lowest BCUT2D eigenvalue weighted by Crippen LogP contribution is -2.35. The second-order valence-corrected chi connectivity index (χ2v) is 5.26. The van der Waals surface area contributed by atoms with Gasteiger partial charge in [0.05, 0.1) is 12.7 Å². The highest BCUT2D eigenvalue weighted by Gasteiger charge is 2.29. The second-order valence-electron chi connectivity index (χ2n) is 5.26. The van der Waals surface area contributed by atoms with Crippen LogP contribution in [-0.4, -0.2) is 45.0 Å². The molecule has 6 nitrogen and oxygen atoms in total. The van der Waals surface area contributed by atoms with E-state index in [0.29, 0.717) is 26.3 Å². The smallest absolute Gasteiger partial charge is 0.249 e. The van der Waals surface area contributed by atoms with Crippen molar-refractivity contribution in [1.29, 1.82) is 0 Å². The van der Waals surface area contributed by atoms with Gasteiger partial charge in [-0.25, -0.2) is 0 Å². The molecule has 2 rings (SSSR count). The molecular formula is C16H25ClN2O4. The minimum atomic E-state index is -0.370. The fraction of sp³-hybridized carbons (Fsp3) is 0.562. The Bertz CT molecular complexity index is 470. The van der Waals surface area contributed by atoms with Gasteiger partial charge in [-0.05, 0) is 30.5 Å². The Kier molecular flexibility index (Phi) is 8.94. The largest absolute Gasteiger partial charge is 0.491 e. The van der Waals surface area contributed by atoms with Crippen LogP contribution in [0.3, 0.4) is 0 Å². The van der Waals surface area contributed by atoms with Crippen molar-refractivity contribution >= 4 is 18.3 Å². The van der Waals surface area contributed by atoms with Gasteiger partial charge in [-0.1, -0.05) is 12.1 Å². The molecule has 7 heteroatoms. The Labute approximate surface area is 143 Å². The summed E-state index contributed by atoms with van der Waals surface area (Å²) in [7, 11) is 1.64. The normalized spacial score (nSPS) is 19.9. The van der Waals surface area contributed by atoms with E-state index in [0.717, 1.165) is 24.2 Å². The van der Waals surface area contributed by atoms with Crippen molar-refractivity contribution in [2.24, 2.45) is 5.73 Å². The molecule has 1 amide bonds. The van der Waals surface area contributed by atoms with Crippen molar-refractivity contribution in [1.82, 2.24) is 5.32 Å². The molecule has 0 aromatic heterocycles. The van der Waals surface area contributed by atoms with E-state index in [2.05, 4.69) is 5.32 Å². The van der Waals surface area contributed by atoms with Gasteiger partial charge in [0.25, 0.3) is 0 Å². The number of hydrogen-bond acceptors (Lipinski definition) is 5. The molecule has 1 fully saturated rings. The molecule has 0 radical (unpaired) electrons. The highest BCUT2D eigenvalue weighted by atomic mass is 35.5. The van der Waals surface area contributed by atoms with E-state index in [4.69, 9.17) is 19.9 Å². The van der Waals surface area contributed by atoms with E-state index in [1.165, 1.54) is 0 Å². The number of methoxy groups -OCH3 is 1. The molecule has 1 saturated heterocycles. The zero-order chi connectivity index (χ0) is 15.8. The molecule has 2 atom stereocenters. The van der Waals surface area contributed by atoms with Crippen LogP contribution in [-0.2, 0) is 20.8 Å². The minimum Gasteiger partial charge on any atom is -0.491 e. The number of benzene rings is 1. The third kappa shape index (κ3) is 6.35. The van der Waals surface area contributed by atoms with Crippen LogP contribution < -0.4 is 15.8 Å². The summed E-state index contributed by atoms with van der Waals surface area (Å²) in [5.41, 5.74) is 6.56. The van der Waals surface area contributed by atoms with Gasteiger partial charge in [-0.3, -0.25) is 4.79 Å². The molecule has 130 valence electrons. The molecule has 23 heavy (non-hydrogen) atoms. The van der Waals surface area contributed by atoms with Crippen LogP contribution in [0.4, 0.5) is 0 Å². The highest BCUT2D eigenvalue weighted by molar-refractivity contribution is 5.85. The number of carbonyl (C=O) groups excluding carboxylic acids is 1. The maximum atomic E-state index is 12.0. The van der Waals surface area contributed by atoms with Gasteiger partial charge in [0.15, 0.2) is 0 Å². The lowest BCUT2D eigenvalue weighted by atomic mass is 10.1. The first-order valence-electron chi connectivity index (χ1n) is 7.57. The lowest BCUT2D eigenvalue weighted by Gasteiger charge is -2.13. The molecule has 0 spiro atoms. The summed E-state index contributed by atoms with van der Waals surface area (Å²) in [6, 6.07) is 7.63. The maximum Gasteiger partial charge on any atom is 0.249 e. The summed E-state index contributed by atoms with van der Waals surface area (Å²) in [6.45, 7) is 2.02. The third-order valence-electron chi connectivity index (χ3n) is 3.61. The van der Waals surface area contributed by atoms with Crippen LogP contribution >= 0.6 is 12.4 Å². The fourth-order valence-electron chi connectivity index (χ4n) is 2.32. The van der Waals surface area contributed by atoms with Crippen LogP contribution in [0.2, 0.25) is 0 Å². The van der Waals surface area contributed by atoms with Crippen molar-refractivity contribution in [2.75, 3.05) is 26.9 Å². The number of halogens is 1. The summed E-state index contributed by atoms with van der Waals surface area (Å²) >= 11 is 0. The van der Waals surface area contributed by atoms with Crippen LogP contribution in [0, 0.1) is 0 Å². The van der Waals surface area contributed by atoms with Crippen molar-refractivity contribution in [2.45, 2.75) is 31.6 Å². The summed E-state index contributed by atoms with van der Waals surface area (Å²) in [4.78, 5) is 12.0. The van der Waals surface area contributed by atoms with Gasteiger partial charge in [-0.2, -0.15) is 0 Å². The van der Waals surface area contributed by atoms with Gasteiger partial charge in [0.1, 0.15) is 18.5 Å². The maximum absolute atomic E-state index is 12.0. The summed E-state index contributed by atoms with van der Waals surface area (Å²) in [6.07, 6.45) is 1.23. The Hall–Kier alpha value is -1.34. The monoisotopic (exact) mass is 344 g/mol. The van der Waals surface area contributed by atoms with Gasteiger partial charge >= 0.3 is 0 Å². The van der Waals surface area contributed by atoms with Gasteiger partial charge < -0.3 is 25.3 Å². The topological polar surface area (TPSA) is 82.8 Å². The zero-order valence-electron chi connectivity index (χ0n) is 13.3. The quantitative estimate of drug-likeness (QED) is 0.694. The number of ether oxygens (including phenoxy) is 3. The predicted octanol–water partition coefficient (Wildman–Crippen LogP) is 1.26. The molecule has 3 N–H and O–H groups in total. The number of nitrogens with two attached hydrogens (primary N) is 1. The van der Waals surface area contributed by atoms with Gasteiger partial charge in [-0.15, -0.1) is 12.4 Å². The molecule has 0 bridgehead atoms. The van der Waals surface area contributed by atoms with Crippen LogP contribution in [0.5, 0.6) is 5.75 Å². The van der Waals surface area contributed by atoms with Gasteiger partial charge in [0.2, 0.25) is 5.91 Å². The van der Waals surface area contributed by atoms with Crippen molar-refractivity contribution in [3.63, 3.8) is 0 Å². The molecule has 0 aliphatic carbocycles. The van der Waals surface area contributed by atoms with Crippen LogP contribution in [0.15, 0.2) is 24.3 Å². The first-order chi connectivity index (χ1) is 10.7. The molecule has 1 aromatic carbocycles. The predicted molar refractivity (Wildman–Crippen MR) is 89.9 cm³/mol. The number of nitrogens with one attached hydrogen (secondary N) is 1. The average molecular weight is 345 g/mol. The van der Waals surface area contributed by atoms with E-state index in [9.17, 15) is 4.79 Å². The van der Waals surface area contributed by atoms with Crippen LogP contribution in [0.1, 0.15) is 18.4 Å². The molecule has 1 heterocycles. The second kappa shape index (κ2) is 10.4. The minimum absolute atomic E-state index is 0. The number of amides is 1. The van der Waals surface area contributed by atoms with E-state index >= 15 is 0 Å². The van der Waals surface area contributed by atoms with E-state index in [1.54, 1.807) is 7.11 Å². The first kappa shape index (κ1) is 19.7. The van der Waals surface area contributed by atoms with E-state index in [-0.39, 0.29) is 30.5 Å². The Morgan fingerprint density at radius 3 is 2.65 bits per heavy atom. The van der Waals surface area contributed by atoms with Crippen LogP contribution in [0.25, 0.3) is 0 Å². The Morgan fingerprint density at radius 2 is 2.04 bits per heavy atom. The van der Waals surface area contributed by atoms with Crippen molar-refractivity contribution in [3.05, 3.63) is 29.8 Å².